The van der Waals surface area contributed by atoms with Crippen LogP contribution >= 0.6 is 0 Å². The second-order valence-corrected chi connectivity index (χ2v) is 8.00. The molecule has 2 aliphatic rings. The predicted molar refractivity (Wildman–Crippen MR) is 94.1 cm³/mol. The van der Waals surface area contributed by atoms with Crippen molar-refractivity contribution in [2.45, 2.75) is 66.0 Å². The molecule has 2 aliphatic carbocycles. The standard InChI is InChI=1S/C18H28N4O3/c1-10(9-21-13(4)17(22(24)25)12(3)20-21)18(23)19-11(2)16-8-14-5-6-15(16)7-14/h10-11,14-16H,5-9H2,1-4H3,(H,19,23). The molecule has 0 aromatic carbocycles. The maximum atomic E-state index is 12.6. The van der Waals surface area contributed by atoms with E-state index in [0.717, 1.165) is 11.8 Å². The van der Waals surface area contributed by atoms with Crippen molar-refractivity contribution in [3.8, 4) is 0 Å². The summed E-state index contributed by atoms with van der Waals surface area (Å²) in [5, 5.41) is 18.5. The first-order valence-electron chi connectivity index (χ1n) is 9.26. The highest BCUT2D eigenvalue weighted by Gasteiger charge is 2.42. The van der Waals surface area contributed by atoms with Crippen LogP contribution in [0.25, 0.3) is 0 Å². The first-order chi connectivity index (χ1) is 11.8. The molecule has 1 aromatic rings. The van der Waals surface area contributed by atoms with Gasteiger partial charge >= 0.3 is 5.69 Å². The van der Waals surface area contributed by atoms with Gasteiger partial charge in [-0.05, 0) is 57.8 Å². The summed E-state index contributed by atoms with van der Waals surface area (Å²) in [6.45, 7) is 7.63. The van der Waals surface area contributed by atoms with E-state index >= 15 is 0 Å². The van der Waals surface area contributed by atoms with Crippen molar-refractivity contribution in [2.75, 3.05) is 0 Å². The minimum absolute atomic E-state index is 0.00507. The van der Waals surface area contributed by atoms with Crippen LogP contribution in [0, 0.1) is 47.6 Å². The van der Waals surface area contributed by atoms with Crippen molar-refractivity contribution in [1.82, 2.24) is 15.1 Å². The minimum atomic E-state index is -0.407. The van der Waals surface area contributed by atoms with Crippen LogP contribution in [0.1, 0.15) is 50.9 Å². The summed E-state index contributed by atoms with van der Waals surface area (Å²) in [4.78, 5) is 23.3. The van der Waals surface area contributed by atoms with Crippen molar-refractivity contribution in [2.24, 2.45) is 23.7 Å². The number of fused-ring (bicyclic) bond motifs is 2. The van der Waals surface area contributed by atoms with Crippen molar-refractivity contribution >= 4 is 11.6 Å². The summed E-state index contributed by atoms with van der Waals surface area (Å²) in [7, 11) is 0. The van der Waals surface area contributed by atoms with Gasteiger partial charge in [0.2, 0.25) is 5.91 Å². The maximum absolute atomic E-state index is 12.6. The summed E-state index contributed by atoms with van der Waals surface area (Å²) in [5.41, 5.74) is 0.941. The zero-order valence-corrected chi connectivity index (χ0v) is 15.5. The molecule has 0 aliphatic heterocycles. The Hall–Kier alpha value is -1.92. The van der Waals surface area contributed by atoms with Gasteiger partial charge in [-0.1, -0.05) is 13.3 Å². The molecule has 0 spiro atoms. The molecule has 1 amide bonds. The van der Waals surface area contributed by atoms with E-state index in [1.54, 1.807) is 18.5 Å². The van der Waals surface area contributed by atoms with Crippen molar-refractivity contribution in [3.05, 3.63) is 21.5 Å². The fraction of sp³-hybridized carbons (Fsp3) is 0.778. The fourth-order valence-corrected chi connectivity index (χ4v) is 4.85. The number of nitro groups is 1. The third-order valence-corrected chi connectivity index (χ3v) is 6.23. The van der Waals surface area contributed by atoms with E-state index in [1.807, 2.05) is 6.92 Å². The normalized spacial score (nSPS) is 27.3. The first kappa shape index (κ1) is 17.9. The number of nitrogens with one attached hydrogen (secondary N) is 1. The Balaban J connectivity index is 1.59. The lowest BCUT2D eigenvalue weighted by molar-refractivity contribution is -0.386. The minimum Gasteiger partial charge on any atom is -0.353 e. The molecule has 0 radical (unpaired) electrons. The lowest BCUT2D eigenvalue weighted by atomic mass is 9.84. The van der Waals surface area contributed by atoms with E-state index in [9.17, 15) is 14.9 Å². The molecule has 2 bridgehead atoms. The van der Waals surface area contributed by atoms with Gasteiger partial charge in [-0.3, -0.25) is 19.6 Å². The van der Waals surface area contributed by atoms with Gasteiger partial charge in [0.05, 0.1) is 17.4 Å². The summed E-state index contributed by atoms with van der Waals surface area (Å²) in [5.74, 6) is 1.96. The van der Waals surface area contributed by atoms with E-state index in [0.29, 0.717) is 23.9 Å². The molecule has 7 heteroatoms. The van der Waals surface area contributed by atoms with Gasteiger partial charge < -0.3 is 5.32 Å². The molecular formula is C18H28N4O3. The van der Waals surface area contributed by atoms with Gasteiger partial charge in [-0.15, -0.1) is 0 Å². The Labute approximate surface area is 148 Å². The van der Waals surface area contributed by atoms with Gasteiger partial charge in [0.25, 0.3) is 0 Å². The zero-order chi connectivity index (χ0) is 18.3. The van der Waals surface area contributed by atoms with Crippen LogP contribution < -0.4 is 5.32 Å². The van der Waals surface area contributed by atoms with Crippen molar-refractivity contribution in [1.29, 1.82) is 0 Å². The Morgan fingerprint density at radius 1 is 1.36 bits per heavy atom. The van der Waals surface area contributed by atoms with Crippen molar-refractivity contribution < 1.29 is 9.72 Å². The maximum Gasteiger partial charge on any atom is 0.312 e. The smallest absolute Gasteiger partial charge is 0.312 e. The largest absolute Gasteiger partial charge is 0.353 e. The van der Waals surface area contributed by atoms with Crippen LogP contribution in [0.5, 0.6) is 0 Å². The molecule has 1 heterocycles. The highest BCUT2D eigenvalue weighted by atomic mass is 16.6. The third kappa shape index (κ3) is 3.41. The summed E-state index contributed by atoms with van der Waals surface area (Å²) >= 11 is 0. The second-order valence-electron chi connectivity index (χ2n) is 8.00. The van der Waals surface area contributed by atoms with Crippen LogP contribution in [0.2, 0.25) is 0 Å². The lowest BCUT2D eigenvalue weighted by Gasteiger charge is -2.29. The van der Waals surface area contributed by atoms with Crippen LogP contribution in [0.3, 0.4) is 0 Å². The van der Waals surface area contributed by atoms with E-state index in [4.69, 9.17) is 0 Å². The molecule has 5 atom stereocenters. The Bertz CT molecular complexity index is 684. The van der Waals surface area contributed by atoms with E-state index in [-0.39, 0.29) is 23.6 Å². The molecule has 7 nitrogen and oxygen atoms in total. The number of nitrogens with zero attached hydrogens (tertiary/aromatic N) is 3. The van der Waals surface area contributed by atoms with Gasteiger partial charge in [0.15, 0.2) is 0 Å². The number of carbonyl (C=O) groups excluding carboxylic acids is 1. The quantitative estimate of drug-likeness (QED) is 0.632. The number of aromatic nitrogens is 2. The predicted octanol–water partition coefficient (Wildman–Crippen LogP) is 2.99. The van der Waals surface area contributed by atoms with Gasteiger partial charge in [0, 0.05) is 6.04 Å². The van der Waals surface area contributed by atoms with E-state index in [2.05, 4.69) is 17.3 Å². The second kappa shape index (κ2) is 6.77. The molecule has 3 rings (SSSR count). The molecule has 25 heavy (non-hydrogen) atoms. The molecule has 1 N–H and O–H groups in total. The highest BCUT2D eigenvalue weighted by molar-refractivity contribution is 5.78. The topological polar surface area (TPSA) is 90.1 Å². The number of hydrogen-bond acceptors (Lipinski definition) is 4. The Morgan fingerprint density at radius 3 is 2.60 bits per heavy atom. The van der Waals surface area contributed by atoms with Gasteiger partial charge in [-0.2, -0.15) is 5.10 Å². The molecule has 2 fully saturated rings. The Kier molecular flexibility index (Phi) is 4.84. The van der Waals surface area contributed by atoms with Gasteiger partial charge in [0.1, 0.15) is 11.4 Å². The molecule has 2 saturated carbocycles. The molecule has 1 aromatic heterocycles. The highest BCUT2D eigenvalue weighted by Crippen LogP contribution is 2.49. The number of amides is 1. The van der Waals surface area contributed by atoms with Crippen LogP contribution in [0.15, 0.2) is 0 Å². The lowest BCUT2D eigenvalue weighted by Crippen LogP contribution is -2.43. The van der Waals surface area contributed by atoms with E-state index < -0.39 is 4.92 Å². The van der Waals surface area contributed by atoms with Crippen LogP contribution in [-0.2, 0) is 11.3 Å². The van der Waals surface area contributed by atoms with E-state index in [1.165, 1.54) is 25.7 Å². The summed E-state index contributed by atoms with van der Waals surface area (Å²) in [6, 6.07) is 0.194. The zero-order valence-electron chi connectivity index (χ0n) is 15.5. The average molecular weight is 348 g/mol. The molecule has 5 unspecified atom stereocenters. The van der Waals surface area contributed by atoms with Crippen LogP contribution in [-0.4, -0.2) is 26.7 Å². The van der Waals surface area contributed by atoms with Crippen LogP contribution in [0.4, 0.5) is 5.69 Å². The van der Waals surface area contributed by atoms with Gasteiger partial charge in [-0.25, -0.2) is 0 Å². The molecule has 138 valence electrons. The summed E-state index contributed by atoms with van der Waals surface area (Å²) in [6.07, 6.45) is 5.23. The number of carbonyl (C=O) groups is 1. The number of aryl methyl sites for hydroxylation is 1. The average Bonchev–Trinajstić information content (AvgIpc) is 3.22. The summed E-state index contributed by atoms with van der Waals surface area (Å²) < 4.78 is 1.58. The molecular weight excluding hydrogens is 320 g/mol. The monoisotopic (exact) mass is 348 g/mol. The third-order valence-electron chi connectivity index (χ3n) is 6.23. The molecule has 0 saturated heterocycles. The number of hydrogen-bond donors (Lipinski definition) is 1. The van der Waals surface area contributed by atoms with Crippen molar-refractivity contribution in [3.63, 3.8) is 0 Å². The Morgan fingerprint density at radius 2 is 2.08 bits per heavy atom. The number of rotatable bonds is 6. The fourth-order valence-electron chi connectivity index (χ4n) is 4.85. The SMILES string of the molecule is Cc1nn(CC(C)C(=O)NC(C)C2CC3CCC2C3)c(C)c1[N+](=O)[O-]. The first-order valence-corrected chi connectivity index (χ1v) is 9.26.